The van der Waals surface area contributed by atoms with Gasteiger partial charge in [-0.3, -0.25) is 4.90 Å². The van der Waals surface area contributed by atoms with Crippen molar-refractivity contribution in [2.45, 2.75) is 19.4 Å². The van der Waals surface area contributed by atoms with Crippen LogP contribution in [0.25, 0.3) is 0 Å². The van der Waals surface area contributed by atoms with Crippen LogP contribution >= 0.6 is 0 Å². The van der Waals surface area contributed by atoms with Gasteiger partial charge in [0.2, 0.25) is 0 Å². The number of fused-ring (bicyclic) bond motifs is 1. The number of rotatable bonds is 4. The summed E-state index contributed by atoms with van der Waals surface area (Å²) in [4.78, 5) is 9.70. The second-order valence-electron chi connectivity index (χ2n) is 7.63. The van der Waals surface area contributed by atoms with Gasteiger partial charge in [0.25, 0.3) is 0 Å². The lowest BCUT2D eigenvalue weighted by Gasteiger charge is -2.28. The van der Waals surface area contributed by atoms with Crippen LogP contribution in [0.5, 0.6) is 0 Å². The van der Waals surface area contributed by atoms with Gasteiger partial charge in [-0.15, -0.1) is 0 Å². The molecule has 2 aromatic rings. The van der Waals surface area contributed by atoms with Gasteiger partial charge < -0.3 is 9.47 Å². The lowest BCUT2D eigenvalue weighted by molar-refractivity contribution is 0.228. The number of aryl methyl sites for hydroxylation is 2. The van der Waals surface area contributed by atoms with E-state index < -0.39 is 0 Å². The molecule has 0 radical (unpaired) electrons. The zero-order chi connectivity index (χ0) is 16.7. The number of hydrogen-bond donors (Lipinski definition) is 0. The highest BCUT2D eigenvalue weighted by molar-refractivity contribution is 5.31. The zero-order valence-electron chi connectivity index (χ0n) is 15.0. The lowest BCUT2D eigenvalue weighted by Crippen LogP contribution is -2.31. The number of aromatic nitrogens is 2. The summed E-state index contributed by atoms with van der Waals surface area (Å²) in [5.41, 5.74) is 2.96. The molecule has 0 saturated carbocycles. The van der Waals surface area contributed by atoms with Crippen LogP contribution in [0.3, 0.4) is 0 Å². The second kappa shape index (κ2) is 6.34. The molecule has 0 N–H and O–H groups in total. The molecule has 2 aliphatic heterocycles. The quantitative estimate of drug-likeness (QED) is 0.864. The first kappa shape index (κ1) is 15.9. The predicted molar refractivity (Wildman–Crippen MR) is 96.9 cm³/mol. The normalized spacial score (nSPS) is 27.7. The molecule has 2 saturated heterocycles. The van der Waals surface area contributed by atoms with E-state index in [2.05, 4.69) is 64.6 Å². The minimum atomic E-state index is 0.578. The summed E-state index contributed by atoms with van der Waals surface area (Å²) in [6, 6.07) is 9.50. The third-order valence-electron chi connectivity index (χ3n) is 6.05. The van der Waals surface area contributed by atoms with Crippen LogP contribution in [-0.2, 0) is 13.5 Å². The fraction of sp³-hybridized carbons (Fsp3) is 0.550. The minimum absolute atomic E-state index is 0.578. The largest absolute Gasteiger partial charge is 0.338 e. The van der Waals surface area contributed by atoms with Crippen molar-refractivity contribution in [3.8, 4) is 0 Å². The highest BCUT2D eigenvalue weighted by Gasteiger charge is 2.46. The average molecular weight is 324 g/mol. The summed E-state index contributed by atoms with van der Waals surface area (Å²) in [6.45, 7) is 7.06. The molecule has 2 fully saturated rings. The van der Waals surface area contributed by atoms with E-state index in [0.717, 1.165) is 24.8 Å². The van der Waals surface area contributed by atoms with Gasteiger partial charge in [0.1, 0.15) is 5.82 Å². The van der Waals surface area contributed by atoms with Crippen molar-refractivity contribution in [2.24, 2.45) is 18.9 Å². The van der Waals surface area contributed by atoms with Crippen molar-refractivity contribution in [3.05, 3.63) is 53.6 Å². The summed E-state index contributed by atoms with van der Waals surface area (Å²) in [5, 5.41) is 0. The summed E-state index contributed by atoms with van der Waals surface area (Å²) >= 11 is 0. The maximum absolute atomic E-state index is 4.46. The van der Waals surface area contributed by atoms with E-state index in [1.54, 1.807) is 0 Å². The van der Waals surface area contributed by atoms with Gasteiger partial charge in [0.15, 0.2) is 0 Å². The molecule has 3 atom stereocenters. The molecule has 4 heteroatoms. The van der Waals surface area contributed by atoms with Crippen LogP contribution in [0.1, 0.15) is 23.0 Å². The van der Waals surface area contributed by atoms with Crippen LogP contribution < -0.4 is 0 Å². The Morgan fingerprint density at radius 1 is 1.12 bits per heavy atom. The highest BCUT2D eigenvalue weighted by Crippen LogP contribution is 2.44. The Hall–Kier alpha value is -1.65. The molecule has 1 aromatic carbocycles. The molecular weight excluding hydrogens is 296 g/mol. The van der Waals surface area contributed by atoms with Crippen molar-refractivity contribution in [2.75, 3.05) is 33.2 Å². The van der Waals surface area contributed by atoms with Crippen LogP contribution in [0, 0.1) is 18.8 Å². The molecule has 0 amide bonds. The van der Waals surface area contributed by atoms with E-state index in [0.29, 0.717) is 6.04 Å². The van der Waals surface area contributed by atoms with Gasteiger partial charge >= 0.3 is 0 Å². The molecule has 0 unspecified atom stereocenters. The van der Waals surface area contributed by atoms with E-state index >= 15 is 0 Å². The number of benzene rings is 1. The Labute approximate surface area is 145 Å². The molecule has 24 heavy (non-hydrogen) atoms. The van der Waals surface area contributed by atoms with E-state index in [9.17, 15) is 0 Å². The van der Waals surface area contributed by atoms with Crippen LogP contribution in [0.2, 0.25) is 0 Å². The maximum atomic E-state index is 4.46. The van der Waals surface area contributed by atoms with Gasteiger partial charge in [0.05, 0.1) is 0 Å². The fourth-order valence-corrected chi connectivity index (χ4v) is 4.81. The van der Waals surface area contributed by atoms with E-state index in [-0.39, 0.29) is 0 Å². The number of nitrogens with zero attached hydrogens (tertiary/aromatic N) is 4. The smallest absolute Gasteiger partial charge is 0.109 e. The van der Waals surface area contributed by atoms with Crippen molar-refractivity contribution in [1.29, 1.82) is 0 Å². The number of imidazole rings is 1. The van der Waals surface area contributed by atoms with Gasteiger partial charge in [0, 0.05) is 58.1 Å². The molecule has 4 nitrogen and oxygen atoms in total. The molecule has 128 valence electrons. The molecule has 1 aromatic heterocycles. The van der Waals surface area contributed by atoms with Gasteiger partial charge in [-0.2, -0.15) is 0 Å². The summed E-state index contributed by atoms with van der Waals surface area (Å²) in [6.07, 6.45) is 4.99. The van der Waals surface area contributed by atoms with Gasteiger partial charge in [-0.05, 0) is 36.9 Å². The van der Waals surface area contributed by atoms with Gasteiger partial charge in [-0.1, -0.05) is 24.3 Å². The fourth-order valence-electron chi connectivity index (χ4n) is 4.81. The monoisotopic (exact) mass is 324 g/mol. The first-order valence-electron chi connectivity index (χ1n) is 9.08. The third kappa shape index (κ3) is 2.78. The van der Waals surface area contributed by atoms with Crippen molar-refractivity contribution in [3.63, 3.8) is 0 Å². The van der Waals surface area contributed by atoms with E-state index in [1.807, 2.05) is 12.4 Å². The number of hydrogen-bond acceptors (Lipinski definition) is 3. The van der Waals surface area contributed by atoms with Crippen LogP contribution in [0.15, 0.2) is 36.7 Å². The van der Waals surface area contributed by atoms with Crippen molar-refractivity contribution in [1.82, 2.24) is 19.4 Å². The van der Waals surface area contributed by atoms with Crippen LogP contribution in [0.4, 0.5) is 0 Å². The summed E-state index contributed by atoms with van der Waals surface area (Å²) in [5.74, 6) is 2.76. The minimum Gasteiger partial charge on any atom is -0.338 e. The lowest BCUT2D eigenvalue weighted by atomic mass is 9.88. The molecule has 4 rings (SSSR count). The SMILES string of the molecule is Cc1ccccc1[C@@H]1[C@@H]2CN(CCc3nccn3C)C[C@@H]2CN1C. The van der Waals surface area contributed by atoms with Crippen molar-refractivity contribution >= 4 is 0 Å². The molecule has 0 aliphatic carbocycles. The average Bonchev–Trinajstić information content (AvgIpc) is 3.21. The molecule has 0 spiro atoms. The third-order valence-corrected chi connectivity index (χ3v) is 6.05. The summed E-state index contributed by atoms with van der Waals surface area (Å²) in [7, 11) is 4.39. The number of likely N-dealkylation sites (tertiary alicyclic amines) is 2. The van der Waals surface area contributed by atoms with Crippen molar-refractivity contribution < 1.29 is 0 Å². The molecular formula is C20H28N4. The topological polar surface area (TPSA) is 24.3 Å². The Kier molecular flexibility index (Phi) is 4.19. The van der Waals surface area contributed by atoms with Crippen LogP contribution in [-0.4, -0.2) is 52.6 Å². The van der Waals surface area contributed by atoms with E-state index in [1.165, 1.54) is 36.6 Å². The highest BCUT2D eigenvalue weighted by atomic mass is 15.2. The van der Waals surface area contributed by atoms with E-state index in [4.69, 9.17) is 0 Å². The Balaban J connectivity index is 1.45. The maximum Gasteiger partial charge on any atom is 0.109 e. The predicted octanol–water partition coefficient (Wildman–Crippen LogP) is 2.51. The van der Waals surface area contributed by atoms with Gasteiger partial charge in [-0.25, -0.2) is 4.98 Å². The molecule has 0 bridgehead atoms. The Bertz CT molecular complexity index is 707. The zero-order valence-corrected chi connectivity index (χ0v) is 15.0. The molecule has 2 aliphatic rings. The molecule has 3 heterocycles. The Morgan fingerprint density at radius 2 is 1.96 bits per heavy atom. The first-order chi connectivity index (χ1) is 11.6. The standard InChI is InChI=1S/C20H28N4/c1-15-6-4-5-7-17(15)20-18-14-24(13-16(18)12-23(20)3)10-8-19-21-9-11-22(19)2/h4-7,9,11,16,18,20H,8,10,12-14H2,1-3H3/t16-,18+,20+/m0/s1. The summed E-state index contributed by atoms with van der Waals surface area (Å²) < 4.78 is 2.14. The first-order valence-corrected chi connectivity index (χ1v) is 9.08. The second-order valence-corrected chi connectivity index (χ2v) is 7.63. The Morgan fingerprint density at radius 3 is 2.71 bits per heavy atom.